The van der Waals surface area contributed by atoms with Crippen molar-refractivity contribution in [3.05, 3.63) is 0 Å². The van der Waals surface area contributed by atoms with E-state index in [2.05, 4.69) is 38.3 Å². The zero-order valence-corrected chi connectivity index (χ0v) is 11.9. The molecule has 0 aromatic carbocycles. The third-order valence-electron chi connectivity index (χ3n) is 3.74. The Morgan fingerprint density at radius 3 is 2.47 bits per heavy atom. The Morgan fingerprint density at radius 1 is 1.29 bits per heavy atom. The van der Waals surface area contributed by atoms with E-state index in [1.807, 2.05) is 6.92 Å². The number of carbonyl (C=O) groups excluding carboxylic acids is 1. The molecule has 0 aromatic heterocycles. The van der Waals surface area contributed by atoms with E-state index in [1.54, 1.807) is 0 Å². The molecule has 1 amide bonds. The monoisotopic (exact) mass is 240 g/mol. The summed E-state index contributed by atoms with van der Waals surface area (Å²) in [5.41, 5.74) is 0. The Morgan fingerprint density at radius 2 is 1.94 bits per heavy atom. The lowest BCUT2D eigenvalue weighted by Crippen LogP contribution is -2.40. The highest BCUT2D eigenvalue weighted by atomic mass is 16.1. The van der Waals surface area contributed by atoms with Crippen LogP contribution in [0.2, 0.25) is 0 Å². The number of hydrogen-bond acceptors (Lipinski definition) is 2. The van der Waals surface area contributed by atoms with Gasteiger partial charge in [-0.25, -0.2) is 0 Å². The van der Waals surface area contributed by atoms with Gasteiger partial charge in [0, 0.05) is 24.5 Å². The number of hydrogen-bond donors (Lipinski definition) is 2. The van der Waals surface area contributed by atoms with Gasteiger partial charge in [0.1, 0.15) is 0 Å². The van der Waals surface area contributed by atoms with Crippen LogP contribution in [0.1, 0.15) is 47.5 Å². The van der Waals surface area contributed by atoms with E-state index in [4.69, 9.17) is 0 Å². The lowest BCUT2D eigenvalue weighted by Gasteiger charge is -2.19. The first kappa shape index (κ1) is 14.5. The van der Waals surface area contributed by atoms with Crippen molar-refractivity contribution in [2.24, 2.45) is 17.8 Å². The molecule has 1 heterocycles. The van der Waals surface area contributed by atoms with Crippen LogP contribution >= 0.6 is 0 Å². The van der Waals surface area contributed by atoms with Crippen molar-refractivity contribution in [2.45, 2.75) is 59.5 Å². The van der Waals surface area contributed by atoms with Crippen LogP contribution in [0.3, 0.4) is 0 Å². The van der Waals surface area contributed by atoms with Gasteiger partial charge in [0.25, 0.3) is 0 Å². The zero-order chi connectivity index (χ0) is 13.0. The topological polar surface area (TPSA) is 41.1 Å². The molecule has 0 saturated carbocycles. The third-order valence-corrected chi connectivity index (χ3v) is 3.74. The van der Waals surface area contributed by atoms with Gasteiger partial charge < -0.3 is 10.6 Å². The molecule has 1 fully saturated rings. The van der Waals surface area contributed by atoms with Crippen LogP contribution < -0.4 is 10.6 Å². The molecular formula is C14H28N2O. The average molecular weight is 240 g/mol. The molecule has 0 spiro atoms. The predicted octanol–water partition coefficient (Wildman–Crippen LogP) is 2.17. The van der Waals surface area contributed by atoms with E-state index in [0.29, 0.717) is 18.0 Å². The molecule has 1 rings (SSSR count). The lowest BCUT2D eigenvalue weighted by molar-refractivity contribution is -0.126. The molecule has 3 nitrogen and oxygen atoms in total. The summed E-state index contributed by atoms with van der Waals surface area (Å²) in [6.45, 7) is 11.6. The summed E-state index contributed by atoms with van der Waals surface area (Å²) < 4.78 is 0. The van der Waals surface area contributed by atoms with Gasteiger partial charge >= 0.3 is 0 Å². The second-order valence-corrected chi connectivity index (χ2v) is 6.21. The number of carbonyl (C=O) groups is 1. The smallest absolute Gasteiger partial charge is 0.223 e. The molecular weight excluding hydrogens is 212 g/mol. The molecule has 3 atom stereocenters. The summed E-state index contributed by atoms with van der Waals surface area (Å²) in [7, 11) is 0. The van der Waals surface area contributed by atoms with E-state index >= 15 is 0 Å². The summed E-state index contributed by atoms with van der Waals surface area (Å²) in [4.78, 5) is 11.9. The van der Waals surface area contributed by atoms with Gasteiger partial charge in [-0.05, 0) is 24.7 Å². The van der Waals surface area contributed by atoms with Crippen LogP contribution in [0.15, 0.2) is 0 Å². The van der Waals surface area contributed by atoms with Crippen LogP contribution in [0.4, 0.5) is 0 Å². The van der Waals surface area contributed by atoms with E-state index in [9.17, 15) is 4.79 Å². The molecule has 1 aliphatic heterocycles. The summed E-state index contributed by atoms with van der Waals surface area (Å²) in [5.74, 6) is 1.45. The van der Waals surface area contributed by atoms with Crippen LogP contribution in [0.25, 0.3) is 0 Å². The molecule has 1 unspecified atom stereocenters. The Bertz CT molecular complexity index is 251. The highest BCUT2D eigenvalue weighted by Crippen LogP contribution is 2.16. The maximum absolute atomic E-state index is 11.9. The van der Waals surface area contributed by atoms with Crippen molar-refractivity contribution in [3.8, 4) is 0 Å². The van der Waals surface area contributed by atoms with Crippen molar-refractivity contribution in [1.82, 2.24) is 10.6 Å². The molecule has 0 aromatic rings. The molecule has 17 heavy (non-hydrogen) atoms. The van der Waals surface area contributed by atoms with E-state index in [-0.39, 0.29) is 11.8 Å². The van der Waals surface area contributed by atoms with Gasteiger partial charge in [-0.1, -0.05) is 34.6 Å². The van der Waals surface area contributed by atoms with Gasteiger partial charge in [0.05, 0.1) is 0 Å². The molecule has 3 heteroatoms. The first-order valence-electron chi connectivity index (χ1n) is 6.94. The zero-order valence-electron chi connectivity index (χ0n) is 11.9. The molecule has 0 aliphatic carbocycles. The van der Waals surface area contributed by atoms with Gasteiger partial charge in [-0.15, -0.1) is 0 Å². The standard InChI is InChI=1S/C14H28N2O/c1-9(2)6-12-7-13(8-15-12)16-14(17)11(5)10(3)4/h9-13,15H,6-8H2,1-5H3,(H,16,17)/t11-,12-,13?/m1/s1. The normalized spacial score (nSPS) is 26.5. The molecule has 1 aliphatic rings. The Balaban J connectivity index is 2.32. The van der Waals surface area contributed by atoms with E-state index < -0.39 is 0 Å². The van der Waals surface area contributed by atoms with Gasteiger partial charge in [0.2, 0.25) is 5.91 Å². The Labute approximate surface area is 106 Å². The average Bonchev–Trinajstić information content (AvgIpc) is 2.63. The van der Waals surface area contributed by atoms with Crippen molar-refractivity contribution in [1.29, 1.82) is 0 Å². The quantitative estimate of drug-likeness (QED) is 0.773. The second kappa shape index (κ2) is 6.39. The second-order valence-electron chi connectivity index (χ2n) is 6.21. The number of amides is 1. The first-order chi connectivity index (χ1) is 7.90. The maximum Gasteiger partial charge on any atom is 0.223 e. The van der Waals surface area contributed by atoms with Gasteiger partial charge in [-0.2, -0.15) is 0 Å². The van der Waals surface area contributed by atoms with Crippen LogP contribution in [0, 0.1) is 17.8 Å². The fourth-order valence-corrected chi connectivity index (χ4v) is 2.31. The number of rotatable bonds is 5. The van der Waals surface area contributed by atoms with E-state index in [0.717, 1.165) is 18.9 Å². The van der Waals surface area contributed by atoms with E-state index in [1.165, 1.54) is 6.42 Å². The summed E-state index contributed by atoms with van der Waals surface area (Å²) >= 11 is 0. The highest BCUT2D eigenvalue weighted by Gasteiger charge is 2.27. The fourth-order valence-electron chi connectivity index (χ4n) is 2.31. The Hall–Kier alpha value is -0.570. The minimum absolute atomic E-state index is 0.110. The SMILES string of the molecule is CC(C)C[C@@H]1CC(NC(=O)[C@H](C)C(C)C)CN1. The molecule has 0 radical (unpaired) electrons. The fraction of sp³-hybridized carbons (Fsp3) is 0.929. The summed E-state index contributed by atoms with van der Waals surface area (Å²) in [5, 5.41) is 6.66. The first-order valence-corrected chi connectivity index (χ1v) is 6.94. The van der Waals surface area contributed by atoms with Gasteiger partial charge in [0.15, 0.2) is 0 Å². The van der Waals surface area contributed by atoms with Crippen molar-refractivity contribution >= 4 is 5.91 Å². The largest absolute Gasteiger partial charge is 0.352 e. The minimum Gasteiger partial charge on any atom is -0.352 e. The van der Waals surface area contributed by atoms with Crippen molar-refractivity contribution in [3.63, 3.8) is 0 Å². The summed E-state index contributed by atoms with van der Waals surface area (Å²) in [6.07, 6.45) is 2.28. The summed E-state index contributed by atoms with van der Waals surface area (Å²) in [6, 6.07) is 0.905. The van der Waals surface area contributed by atoms with Crippen LogP contribution in [-0.4, -0.2) is 24.5 Å². The lowest BCUT2D eigenvalue weighted by atomic mass is 9.96. The molecule has 0 bridgehead atoms. The molecule has 2 N–H and O–H groups in total. The van der Waals surface area contributed by atoms with Crippen LogP contribution in [-0.2, 0) is 4.79 Å². The van der Waals surface area contributed by atoms with Gasteiger partial charge in [-0.3, -0.25) is 4.79 Å². The number of nitrogens with one attached hydrogen (secondary N) is 2. The van der Waals surface area contributed by atoms with Crippen LogP contribution in [0.5, 0.6) is 0 Å². The third kappa shape index (κ3) is 4.66. The Kier molecular flexibility index (Phi) is 5.44. The predicted molar refractivity (Wildman–Crippen MR) is 71.8 cm³/mol. The molecule has 1 saturated heterocycles. The minimum atomic E-state index is 0.110. The molecule has 100 valence electrons. The maximum atomic E-state index is 11.9. The highest BCUT2D eigenvalue weighted by molar-refractivity contribution is 5.78. The van der Waals surface area contributed by atoms with Crippen molar-refractivity contribution < 1.29 is 4.79 Å². The van der Waals surface area contributed by atoms with Crippen molar-refractivity contribution in [2.75, 3.05) is 6.54 Å².